The van der Waals surface area contributed by atoms with Gasteiger partial charge in [-0.25, -0.2) is 5.01 Å². The van der Waals surface area contributed by atoms with Crippen LogP contribution >= 0.6 is 15.9 Å². The van der Waals surface area contributed by atoms with Crippen molar-refractivity contribution in [3.05, 3.63) is 82.5 Å². The first kappa shape index (κ1) is 15.8. The van der Waals surface area contributed by atoms with E-state index in [1.54, 1.807) is 18.1 Å². The van der Waals surface area contributed by atoms with Gasteiger partial charge in [-0.05, 0) is 47.5 Å². The molecule has 2 heterocycles. The fourth-order valence-corrected chi connectivity index (χ4v) is 3.32. The number of nitrogens with one attached hydrogen (secondary N) is 1. The molecular weight excluding hydrogens is 378 g/mol. The zero-order valence-electron chi connectivity index (χ0n) is 13.6. The van der Waals surface area contributed by atoms with Crippen LogP contribution in [0.1, 0.15) is 24.1 Å². The van der Waals surface area contributed by atoms with Gasteiger partial charge in [-0.15, -0.1) is 0 Å². The van der Waals surface area contributed by atoms with Gasteiger partial charge in [0, 0.05) is 23.0 Å². The quantitative estimate of drug-likeness (QED) is 0.699. The standard InChI is InChI=1S/C20H16BrN3O/c1-13(25)24-20(12-19(23-24)14-4-7-17(21)8-5-14)16-6-9-18-15(11-16)3-2-10-22-18/h2-12,20,23H,1H3. The van der Waals surface area contributed by atoms with Crippen molar-refractivity contribution in [2.75, 3.05) is 0 Å². The molecule has 1 N–H and O–H groups in total. The number of hydrazine groups is 1. The summed E-state index contributed by atoms with van der Waals surface area (Å²) < 4.78 is 1.02. The van der Waals surface area contributed by atoms with Crippen LogP contribution in [0, 0.1) is 0 Å². The summed E-state index contributed by atoms with van der Waals surface area (Å²) in [7, 11) is 0. The third-order valence-corrected chi connectivity index (χ3v) is 4.84. The summed E-state index contributed by atoms with van der Waals surface area (Å²) in [5.41, 5.74) is 7.21. The topological polar surface area (TPSA) is 45.2 Å². The number of nitrogens with zero attached hydrogens (tertiary/aromatic N) is 2. The van der Waals surface area contributed by atoms with Gasteiger partial charge in [0.15, 0.2) is 0 Å². The lowest BCUT2D eigenvalue weighted by atomic mass is 10.0. The smallest absolute Gasteiger partial charge is 0.238 e. The van der Waals surface area contributed by atoms with Crippen LogP contribution < -0.4 is 5.43 Å². The molecule has 1 aromatic heterocycles. The molecule has 0 radical (unpaired) electrons. The molecule has 0 saturated heterocycles. The van der Waals surface area contributed by atoms with Gasteiger partial charge < -0.3 is 0 Å². The number of hydrogen-bond acceptors (Lipinski definition) is 3. The Hall–Kier alpha value is -2.66. The number of benzene rings is 2. The molecule has 1 unspecified atom stereocenters. The molecule has 0 spiro atoms. The minimum Gasteiger partial charge on any atom is -0.295 e. The van der Waals surface area contributed by atoms with Gasteiger partial charge >= 0.3 is 0 Å². The molecule has 1 atom stereocenters. The summed E-state index contributed by atoms with van der Waals surface area (Å²) in [5.74, 6) is -0.0281. The first-order valence-electron chi connectivity index (χ1n) is 8.01. The predicted octanol–water partition coefficient (Wildman–Crippen LogP) is 4.45. The first-order chi connectivity index (χ1) is 12.1. The van der Waals surface area contributed by atoms with Crippen molar-refractivity contribution in [1.29, 1.82) is 0 Å². The van der Waals surface area contributed by atoms with Crippen LogP contribution in [0.2, 0.25) is 0 Å². The maximum absolute atomic E-state index is 12.1. The summed E-state index contributed by atoms with van der Waals surface area (Å²) in [5, 5.41) is 2.73. The fraction of sp³-hybridized carbons (Fsp3) is 0.100. The van der Waals surface area contributed by atoms with Crippen molar-refractivity contribution in [3.63, 3.8) is 0 Å². The number of carbonyl (C=O) groups excluding carboxylic acids is 1. The molecule has 0 saturated carbocycles. The number of fused-ring (bicyclic) bond motifs is 1. The van der Waals surface area contributed by atoms with Crippen molar-refractivity contribution >= 4 is 38.4 Å². The molecule has 25 heavy (non-hydrogen) atoms. The molecule has 0 bridgehead atoms. The summed E-state index contributed by atoms with van der Waals surface area (Å²) in [6.07, 6.45) is 3.87. The molecule has 1 amide bonds. The maximum atomic E-state index is 12.1. The number of carbonyl (C=O) groups is 1. The Labute approximate surface area is 154 Å². The largest absolute Gasteiger partial charge is 0.295 e. The Kier molecular flexibility index (Phi) is 4.01. The third-order valence-electron chi connectivity index (χ3n) is 4.31. The highest BCUT2D eigenvalue weighted by molar-refractivity contribution is 9.10. The van der Waals surface area contributed by atoms with Gasteiger partial charge in [0.2, 0.25) is 5.91 Å². The molecule has 5 heteroatoms. The van der Waals surface area contributed by atoms with Gasteiger partial charge in [-0.2, -0.15) is 0 Å². The molecular formula is C20H16BrN3O. The third kappa shape index (κ3) is 3.03. The Morgan fingerprint density at radius 1 is 1.16 bits per heavy atom. The van der Waals surface area contributed by atoms with Crippen LogP contribution in [0.5, 0.6) is 0 Å². The highest BCUT2D eigenvalue weighted by Crippen LogP contribution is 2.32. The summed E-state index contributed by atoms with van der Waals surface area (Å²) in [6, 6.07) is 17.9. The van der Waals surface area contributed by atoms with E-state index < -0.39 is 0 Å². The number of aromatic nitrogens is 1. The maximum Gasteiger partial charge on any atom is 0.238 e. The van der Waals surface area contributed by atoms with Gasteiger partial charge in [0.1, 0.15) is 0 Å². The molecule has 1 aliphatic heterocycles. The lowest BCUT2D eigenvalue weighted by Gasteiger charge is -2.24. The molecule has 3 aromatic rings. The van der Waals surface area contributed by atoms with E-state index >= 15 is 0 Å². The second-order valence-electron chi connectivity index (χ2n) is 5.99. The van der Waals surface area contributed by atoms with E-state index in [9.17, 15) is 4.79 Å². The average molecular weight is 394 g/mol. The van der Waals surface area contributed by atoms with Crippen molar-refractivity contribution in [3.8, 4) is 0 Å². The van der Waals surface area contributed by atoms with Crippen molar-refractivity contribution in [2.24, 2.45) is 0 Å². The number of pyridine rings is 1. The average Bonchev–Trinajstić information content (AvgIpc) is 3.07. The van der Waals surface area contributed by atoms with E-state index in [-0.39, 0.29) is 11.9 Å². The van der Waals surface area contributed by atoms with Crippen LogP contribution in [-0.2, 0) is 4.79 Å². The zero-order chi connectivity index (χ0) is 17.4. The van der Waals surface area contributed by atoms with Crippen LogP contribution in [0.4, 0.5) is 0 Å². The van der Waals surface area contributed by atoms with E-state index in [4.69, 9.17) is 0 Å². The minimum absolute atomic E-state index is 0.0281. The normalized spacial score (nSPS) is 16.6. The molecule has 1 aliphatic rings. The van der Waals surface area contributed by atoms with Crippen molar-refractivity contribution in [1.82, 2.24) is 15.4 Å². The van der Waals surface area contributed by atoms with Crippen molar-refractivity contribution in [2.45, 2.75) is 13.0 Å². The van der Waals surface area contributed by atoms with E-state index in [0.29, 0.717) is 0 Å². The Morgan fingerprint density at radius 2 is 1.96 bits per heavy atom. The number of halogens is 1. The summed E-state index contributed by atoms with van der Waals surface area (Å²) >= 11 is 3.45. The van der Waals surface area contributed by atoms with E-state index in [1.165, 1.54) is 0 Å². The molecule has 124 valence electrons. The van der Waals surface area contributed by atoms with Crippen molar-refractivity contribution < 1.29 is 4.79 Å². The second-order valence-corrected chi connectivity index (χ2v) is 6.90. The van der Waals surface area contributed by atoms with Gasteiger partial charge in [-0.3, -0.25) is 15.2 Å². The molecule has 0 fully saturated rings. The van der Waals surface area contributed by atoms with Gasteiger partial charge in [-0.1, -0.05) is 40.2 Å². The van der Waals surface area contributed by atoms with Crippen LogP contribution in [-0.4, -0.2) is 15.9 Å². The summed E-state index contributed by atoms with van der Waals surface area (Å²) in [6.45, 7) is 1.57. The van der Waals surface area contributed by atoms with E-state index in [2.05, 4.69) is 38.5 Å². The Bertz CT molecular complexity index is 982. The van der Waals surface area contributed by atoms with Gasteiger partial charge in [0.05, 0.1) is 17.3 Å². The highest BCUT2D eigenvalue weighted by atomic mass is 79.9. The molecule has 4 nitrogen and oxygen atoms in total. The molecule has 4 rings (SSSR count). The summed E-state index contributed by atoms with van der Waals surface area (Å²) in [4.78, 5) is 16.5. The van der Waals surface area contributed by atoms with E-state index in [1.807, 2.05) is 48.5 Å². The lowest BCUT2D eigenvalue weighted by Crippen LogP contribution is -2.37. The minimum atomic E-state index is -0.152. The van der Waals surface area contributed by atoms with E-state index in [0.717, 1.165) is 32.2 Å². The first-order valence-corrected chi connectivity index (χ1v) is 8.80. The monoisotopic (exact) mass is 393 g/mol. The number of amides is 1. The highest BCUT2D eigenvalue weighted by Gasteiger charge is 2.28. The van der Waals surface area contributed by atoms with Gasteiger partial charge in [0.25, 0.3) is 0 Å². The number of hydrogen-bond donors (Lipinski definition) is 1. The fourth-order valence-electron chi connectivity index (χ4n) is 3.06. The Morgan fingerprint density at radius 3 is 2.72 bits per heavy atom. The zero-order valence-corrected chi connectivity index (χ0v) is 15.2. The lowest BCUT2D eigenvalue weighted by molar-refractivity contribution is -0.132. The predicted molar refractivity (Wildman–Crippen MR) is 102 cm³/mol. The van der Waals surface area contributed by atoms with Crippen LogP contribution in [0.15, 0.2) is 71.3 Å². The molecule has 2 aromatic carbocycles. The van der Waals surface area contributed by atoms with Crippen LogP contribution in [0.3, 0.4) is 0 Å². The van der Waals surface area contributed by atoms with Crippen LogP contribution in [0.25, 0.3) is 16.6 Å². The second kappa shape index (κ2) is 6.33. The SMILES string of the molecule is CC(=O)N1NC(c2ccc(Br)cc2)=CC1c1ccc2ncccc2c1. The Balaban J connectivity index is 1.76. The number of rotatable bonds is 2. The molecule has 0 aliphatic carbocycles.